The van der Waals surface area contributed by atoms with Crippen LogP contribution in [0.3, 0.4) is 0 Å². The van der Waals surface area contributed by atoms with E-state index in [1.807, 2.05) is 0 Å². The van der Waals surface area contributed by atoms with E-state index < -0.39 is 4.92 Å². The molecular weight excluding hydrogens is 226 g/mol. The molecule has 0 bridgehead atoms. The summed E-state index contributed by atoms with van der Waals surface area (Å²) in [5.74, 6) is 0.376. The van der Waals surface area contributed by atoms with E-state index in [1.54, 1.807) is 7.05 Å². The highest BCUT2D eigenvalue weighted by Gasteiger charge is 2.15. The summed E-state index contributed by atoms with van der Waals surface area (Å²) in [5.41, 5.74) is 3.22. The number of hydrogen-bond acceptors (Lipinski definition) is 7. The molecule has 17 heavy (non-hydrogen) atoms. The number of hydrogen-bond donors (Lipinski definition) is 2. The highest BCUT2D eigenvalue weighted by molar-refractivity contribution is 5.83. The van der Waals surface area contributed by atoms with Gasteiger partial charge >= 0.3 is 5.95 Å². The molecule has 2 rings (SSSR count). The van der Waals surface area contributed by atoms with Crippen LogP contribution in [0.25, 0.3) is 0 Å². The van der Waals surface area contributed by atoms with Crippen LogP contribution in [-0.2, 0) is 7.05 Å². The molecule has 0 saturated heterocycles. The van der Waals surface area contributed by atoms with E-state index in [1.165, 1.54) is 17.0 Å². The lowest BCUT2D eigenvalue weighted by Crippen LogP contribution is -2.30. The fourth-order valence-electron chi connectivity index (χ4n) is 1.33. The van der Waals surface area contributed by atoms with Gasteiger partial charge in [-0.1, -0.05) is 4.98 Å². The molecule has 90 valence electrons. The van der Waals surface area contributed by atoms with Gasteiger partial charge in [-0.05, 0) is 4.92 Å². The molecule has 0 amide bonds. The lowest BCUT2D eigenvalue weighted by molar-refractivity contribution is -0.396. The monoisotopic (exact) mass is 237 g/mol. The molecule has 0 radical (unpaired) electrons. The van der Waals surface area contributed by atoms with Crippen LogP contribution in [0.1, 0.15) is 5.69 Å². The van der Waals surface area contributed by atoms with Crippen molar-refractivity contribution in [3.63, 3.8) is 0 Å². The summed E-state index contributed by atoms with van der Waals surface area (Å²) in [4.78, 5) is 17.7. The normalized spacial score (nSPS) is 14.8. The first-order chi connectivity index (χ1) is 8.18. The van der Waals surface area contributed by atoms with E-state index in [4.69, 9.17) is 0 Å². The molecule has 0 spiro atoms. The lowest BCUT2D eigenvalue weighted by atomic mass is 10.5. The Labute approximate surface area is 96.4 Å². The second kappa shape index (κ2) is 4.60. The number of guanidine groups is 1. The average Bonchev–Trinajstić information content (AvgIpc) is 2.89. The Morgan fingerprint density at radius 2 is 2.59 bits per heavy atom. The van der Waals surface area contributed by atoms with Gasteiger partial charge in [-0.3, -0.25) is 0 Å². The van der Waals surface area contributed by atoms with Gasteiger partial charge in [-0.15, -0.1) is 0 Å². The third-order valence-electron chi connectivity index (χ3n) is 2.20. The van der Waals surface area contributed by atoms with E-state index in [2.05, 4.69) is 25.8 Å². The van der Waals surface area contributed by atoms with Crippen LogP contribution in [0.4, 0.5) is 5.95 Å². The molecule has 0 atom stereocenters. The van der Waals surface area contributed by atoms with Crippen molar-refractivity contribution in [1.82, 2.24) is 20.3 Å². The number of nitro groups is 1. The van der Waals surface area contributed by atoms with Crippen LogP contribution >= 0.6 is 0 Å². The number of nitrogens with zero attached hydrogens (tertiary/aromatic N) is 5. The van der Waals surface area contributed by atoms with Crippen LogP contribution in [0.5, 0.6) is 0 Å². The topological polar surface area (TPSA) is 110 Å². The Morgan fingerprint density at radius 1 is 1.76 bits per heavy atom. The van der Waals surface area contributed by atoms with E-state index >= 15 is 0 Å². The number of imidazole rings is 1. The number of nitrogens with one attached hydrogen (secondary N) is 2. The first-order valence-corrected chi connectivity index (χ1v) is 4.92. The van der Waals surface area contributed by atoms with Crippen molar-refractivity contribution < 1.29 is 4.92 Å². The number of aromatic nitrogens is 2. The molecule has 1 aromatic heterocycles. The quantitative estimate of drug-likeness (QED) is 0.406. The molecule has 9 heteroatoms. The minimum absolute atomic E-state index is 0.220. The zero-order valence-electron chi connectivity index (χ0n) is 9.12. The summed E-state index contributed by atoms with van der Waals surface area (Å²) >= 11 is 0. The molecular formula is C8H11N7O2. The van der Waals surface area contributed by atoms with E-state index in [-0.39, 0.29) is 5.95 Å². The van der Waals surface area contributed by atoms with Crippen LogP contribution in [-0.4, -0.2) is 39.7 Å². The van der Waals surface area contributed by atoms with E-state index in [0.29, 0.717) is 11.7 Å². The van der Waals surface area contributed by atoms with Crippen LogP contribution in [0.15, 0.2) is 16.3 Å². The maximum atomic E-state index is 10.6. The second-order valence-corrected chi connectivity index (χ2v) is 3.33. The van der Waals surface area contributed by atoms with Crippen LogP contribution in [0, 0.1) is 10.1 Å². The highest BCUT2D eigenvalue weighted by atomic mass is 16.6. The van der Waals surface area contributed by atoms with Gasteiger partial charge in [-0.25, -0.2) is 15.0 Å². The summed E-state index contributed by atoms with van der Waals surface area (Å²) < 4.78 is 1.34. The lowest BCUT2D eigenvalue weighted by Gasteiger charge is -1.98. The Balaban J connectivity index is 2.03. The molecule has 0 unspecified atom stereocenters. The number of hydrazone groups is 1. The molecule has 0 fully saturated rings. The SMILES string of the molecule is Cn1c(C=NNC2=NCCN2)cnc1[N+](=O)[O-]. The number of aliphatic imine (C=N–C) groups is 1. The Morgan fingerprint density at radius 3 is 3.18 bits per heavy atom. The van der Waals surface area contributed by atoms with Crippen LogP contribution < -0.4 is 10.7 Å². The molecule has 2 heterocycles. The van der Waals surface area contributed by atoms with Gasteiger partial charge in [0.05, 0.1) is 19.8 Å². The molecule has 0 saturated carbocycles. The number of rotatable bonds is 3. The fraction of sp³-hybridized carbons (Fsp3) is 0.375. The summed E-state index contributed by atoms with van der Waals surface area (Å²) in [6.45, 7) is 1.50. The molecule has 1 aliphatic rings. The van der Waals surface area contributed by atoms with Crippen molar-refractivity contribution >= 4 is 18.1 Å². The van der Waals surface area contributed by atoms with Gasteiger partial charge in [0, 0.05) is 6.54 Å². The second-order valence-electron chi connectivity index (χ2n) is 3.33. The molecule has 0 aliphatic carbocycles. The molecule has 1 aliphatic heterocycles. The zero-order valence-corrected chi connectivity index (χ0v) is 9.12. The minimum atomic E-state index is -0.548. The molecule has 2 N–H and O–H groups in total. The third-order valence-corrected chi connectivity index (χ3v) is 2.20. The third kappa shape index (κ3) is 2.38. The van der Waals surface area contributed by atoms with Crippen LogP contribution in [0.2, 0.25) is 0 Å². The van der Waals surface area contributed by atoms with Gasteiger partial charge < -0.3 is 15.4 Å². The van der Waals surface area contributed by atoms with Gasteiger partial charge in [0.1, 0.15) is 6.20 Å². The average molecular weight is 237 g/mol. The largest absolute Gasteiger partial charge is 0.434 e. The molecule has 9 nitrogen and oxygen atoms in total. The first kappa shape index (κ1) is 11.0. The van der Waals surface area contributed by atoms with Crippen molar-refractivity contribution in [2.24, 2.45) is 17.1 Å². The smallest absolute Gasteiger partial charge is 0.390 e. The minimum Gasteiger partial charge on any atom is -0.390 e. The Kier molecular flexibility index (Phi) is 2.99. The summed E-state index contributed by atoms with van der Waals surface area (Å²) in [7, 11) is 1.55. The van der Waals surface area contributed by atoms with Gasteiger partial charge in [-0.2, -0.15) is 5.10 Å². The summed E-state index contributed by atoms with van der Waals surface area (Å²) in [6, 6.07) is 0. The standard InChI is InChI=1S/C8H11N7O2/c1-14-6(4-11-8(14)15(16)17)5-12-13-7-9-2-3-10-7/h4-5H,2-3H2,1H3,(H2,9,10,13). The first-order valence-electron chi connectivity index (χ1n) is 4.92. The van der Waals surface area contributed by atoms with Crippen molar-refractivity contribution in [3.05, 3.63) is 22.0 Å². The Bertz CT molecular complexity index is 490. The maximum Gasteiger partial charge on any atom is 0.434 e. The van der Waals surface area contributed by atoms with Crippen molar-refractivity contribution in [3.8, 4) is 0 Å². The summed E-state index contributed by atoms with van der Waals surface area (Å²) in [5, 5.41) is 17.4. The van der Waals surface area contributed by atoms with Crippen molar-refractivity contribution in [1.29, 1.82) is 0 Å². The van der Waals surface area contributed by atoms with Gasteiger partial charge in [0.2, 0.25) is 5.96 Å². The molecule has 1 aromatic rings. The Hall–Kier alpha value is -2.45. The van der Waals surface area contributed by atoms with Crippen molar-refractivity contribution in [2.75, 3.05) is 13.1 Å². The van der Waals surface area contributed by atoms with Gasteiger partial charge in [0.25, 0.3) is 0 Å². The van der Waals surface area contributed by atoms with E-state index in [9.17, 15) is 10.1 Å². The van der Waals surface area contributed by atoms with E-state index in [0.717, 1.165) is 13.1 Å². The predicted molar refractivity (Wildman–Crippen MR) is 60.9 cm³/mol. The van der Waals surface area contributed by atoms with Crippen molar-refractivity contribution in [2.45, 2.75) is 0 Å². The van der Waals surface area contributed by atoms with Gasteiger partial charge in [0.15, 0.2) is 5.69 Å². The highest BCUT2D eigenvalue weighted by Crippen LogP contribution is 2.08. The summed E-state index contributed by atoms with van der Waals surface area (Å²) in [6.07, 6.45) is 2.83. The predicted octanol–water partition coefficient (Wildman–Crippen LogP) is -0.789. The fourth-order valence-corrected chi connectivity index (χ4v) is 1.33. The zero-order chi connectivity index (χ0) is 12.3. The molecule has 0 aromatic carbocycles. The maximum absolute atomic E-state index is 10.6.